The van der Waals surface area contributed by atoms with Crippen LogP contribution in [0.25, 0.3) is 0 Å². The van der Waals surface area contributed by atoms with Crippen LogP contribution in [-0.4, -0.2) is 26.3 Å². The number of hydrogen-bond acceptors (Lipinski definition) is 5. The summed E-state index contributed by atoms with van der Waals surface area (Å²) in [5.74, 6) is -0.939. The number of hydrogen-bond donors (Lipinski definition) is 4. The first-order valence-electron chi connectivity index (χ1n) is 10.9. The average Bonchev–Trinajstić information content (AvgIpc) is 2.82. The zero-order chi connectivity index (χ0) is 25.4. The molecule has 0 heterocycles. The Morgan fingerprint density at radius 2 is 1.57 bits per heavy atom. The van der Waals surface area contributed by atoms with Gasteiger partial charge in [-0.25, -0.2) is 17.9 Å². The van der Waals surface area contributed by atoms with Gasteiger partial charge in [-0.2, -0.15) is 0 Å². The van der Waals surface area contributed by atoms with Crippen molar-refractivity contribution in [1.82, 2.24) is 10.6 Å². The quantitative estimate of drug-likeness (QED) is 0.338. The van der Waals surface area contributed by atoms with Crippen molar-refractivity contribution in [1.29, 1.82) is 0 Å². The minimum absolute atomic E-state index is 0.00416. The van der Waals surface area contributed by atoms with Gasteiger partial charge in [0.1, 0.15) is 5.82 Å². The van der Waals surface area contributed by atoms with Crippen LogP contribution >= 0.6 is 0 Å². The highest BCUT2D eigenvalue weighted by molar-refractivity contribution is 7.89. The first kappa shape index (κ1) is 26.0. The summed E-state index contributed by atoms with van der Waals surface area (Å²) in [6.45, 7) is 0.409. The van der Waals surface area contributed by atoms with Gasteiger partial charge in [-0.1, -0.05) is 42.5 Å². The molecule has 6 N–H and O–H groups in total. The van der Waals surface area contributed by atoms with Gasteiger partial charge in [0.15, 0.2) is 0 Å². The lowest BCUT2D eigenvalue weighted by molar-refractivity contribution is -0.121. The molecule has 0 spiro atoms. The van der Waals surface area contributed by atoms with Crippen LogP contribution < -0.4 is 21.5 Å². The van der Waals surface area contributed by atoms with Gasteiger partial charge in [0.05, 0.1) is 4.90 Å². The second-order valence-electron chi connectivity index (χ2n) is 8.11. The van der Waals surface area contributed by atoms with E-state index in [4.69, 9.17) is 10.9 Å². The van der Waals surface area contributed by atoms with Gasteiger partial charge in [0, 0.05) is 31.1 Å². The van der Waals surface area contributed by atoms with E-state index in [1.54, 1.807) is 54.6 Å². The lowest BCUT2D eigenvalue weighted by Crippen LogP contribution is -2.33. The van der Waals surface area contributed by atoms with Gasteiger partial charge in [-0.3, -0.25) is 9.59 Å². The van der Waals surface area contributed by atoms with E-state index in [1.807, 2.05) is 0 Å². The molecule has 0 saturated carbocycles. The molecule has 3 aromatic carbocycles. The maximum atomic E-state index is 13.8. The Balaban J connectivity index is 1.48. The van der Waals surface area contributed by atoms with Crippen molar-refractivity contribution in [2.45, 2.75) is 36.9 Å². The number of benzene rings is 3. The summed E-state index contributed by atoms with van der Waals surface area (Å²) in [5, 5.41) is 10.6. The SMILES string of the molecule is N[C@@H](CC(=O)NCc1cccc(C(=O)NCc2ccc(S(N)(=O)=O)cc2)c1)Cc1ccccc1F. The highest BCUT2D eigenvalue weighted by Gasteiger charge is 2.13. The summed E-state index contributed by atoms with van der Waals surface area (Å²) in [6.07, 6.45) is 0.291. The Kier molecular flexibility index (Phi) is 8.69. The highest BCUT2D eigenvalue weighted by Crippen LogP contribution is 2.11. The lowest BCUT2D eigenvalue weighted by atomic mass is 10.0. The standard InChI is InChI=1S/C25H27FN4O4S/c26-23-7-2-1-5-19(23)13-21(27)14-24(31)29-16-18-4-3-6-20(12-18)25(32)30-15-17-8-10-22(11-9-17)35(28,33)34/h1-12,21H,13-16,27H2,(H,29,31)(H,30,32)(H2,28,33,34)/t21-/m1/s1. The molecule has 0 bridgehead atoms. The number of sulfonamides is 1. The van der Waals surface area contributed by atoms with Crippen LogP contribution in [0.15, 0.2) is 77.7 Å². The topological polar surface area (TPSA) is 144 Å². The second kappa shape index (κ2) is 11.7. The number of primary sulfonamides is 1. The number of amides is 2. The first-order valence-corrected chi connectivity index (χ1v) is 12.4. The molecular formula is C25H27FN4O4S. The minimum atomic E-state index is -3.77. The van der Waals surface area contributed by atoms with E-state index >= 15 is 0 Å². The molecule has 184 valence electrons. The van der Waals surface area contributed by atoms with Crippen LogP contribution in [0.2, 0.25) is 0 Å². The van der Waals surface area contributed by atoms with E-state index in [1.165, 1.54) is 18.2 Å². The smallest absolute Gasteiger partial charge is 0.251 e. The zero-order valence-corrected chi connectivity index (χ0v) is 19.7. The summed E-state index contributed by atoms with van der Waals surface area (Å²) in [4.78, 5) is 24.8. The fourth-order valence-corrected chi connectivity index (χ4v) is 3.95. The van der Waals surface area contributed by atoms with Crippen molar-refractivity contribution >= 4 is 21.8 Å². The third kappa shape index (κ3) is 7.99. The Morgan fingerprint density at radius 1 is 0.886 bits per heavy atom. The first-order chi connectivity index (χ1) is 16.6. The van der Waals surface area contributed by atoms with Crippen LogP contribution in [0.5, 0.6) is 0 Å². The van der Waals surface area contributed by atoms with Gasteiger partial charge >= 0.3 is 0 Å². The molecule has 0 aliphatic carbocycles. The third-order valence-electron chi connectivity index (χ3n) is 5.27. The van der Waals surface area contributed by atoms with Gasteiger partial charge in [0.2, 0.25) is 15.9 Å². The van der Waals surface area contributed by atoms with Gasteiger partial charge in [-0.05, 0) is 53.4 Å². The third-order valence-corrected chi connectivity index (χ3v) is 6.20. The Labute approximate surface area is 203 Å². The fraction of sp³-hybridized carbons (Fsp3) is 0.200. The van der Waals surface area contributed by atoms with E-state index in [2.05, 4.69) is 10.6 Å². The summed E-state index contributed by atoms with van der Waals surface area (Å²) in [7, 11) is -3.77. The average molecular weight is 499 g/mol. The lowest BCUT2D eigenvalue weighted by Gasteiger charge is -2.13. The maximum Gasteiger partial charge on any atom is 0.251 e. The molecule has 0 aliphatic heterocycles. The summed E-state index contributed by atoms with van der Waals surface area (Å²) in [6, 6.07) is 18.5. The number of nitrogens with two attached hydrogens (primary N) is 2. The van der Waals surface area contributed by atoms with Crippen molar-refractivity contribution in [3.63, 3.8) is 0 Å². The van der Waals surface area contributed by atoms with E-state index in [9.17, 15) is 22.4 Å². The molecule has 0 saturated heterocycles. The fourth-order valence-electron chi connectivity index (χ4n) is 3.43. The van der Waals surface area contributed by atoms with Crippen LogP contribution in [0, 0.1) is 5.82 Å². The molecule has 2 amide bonds. The maximum absolute atomic E-state index is 13.8. The van der Waals surface area contributed by atoms with E-state index in [0.717, 1.165) is 5.56 Å². The summed E-state index contributed by atoms with van der Waals surface area (Å²) >= 11 is 0. The molecule has 10 heteroatoms. The normalized spacial score (nSPS) is 12.1. The number of carbonyl (C=O) groups is 2. The molecule has 3 aromatic rings. The molecule has 0 radical (unpaired) electrons. The van der Waals surface area contributed by atoms with Crippen molar-refractivity contribution in [2.24, 2.45) is 10.9 Å². The van der Waals surface area contributed by atoms with E-state index in [0.29, 0.717) is 16.7 Å². The molecule has 35 heavy (non-hydrogen) atoms. The van der Waals surface area contributed by atoms with Crippen LogP contribution in [0.3, 0.4) is 0 Å². The monoisotopic (exact) mass is 498 g/mol. The molecule has 8 nitrogen and oxygen atoms in total. The Bertz CT molecular complexity index is 1300. The predicted octanol–water partition coefficient (Wildman–Crippen LogP) is 1.98. The number of carbonyl (C=O) groups excluding carboxylic acids is 2. The van der Waals surface area contributed by atoms with Crippen LogP contribution in [0.1, 0.15) is 33.5 Å². The number of halogens is 1. The van der Waals surface area contributed by atoms with Gasteiger partial charge < -0.3 is 16.4 Å². The van der Waals surface area contributed by atoms with Crippen molar-refractivity contribution in [3.8, 4) is 0 Å². The van der Waals surface area contributed by atoms with E-state index < -0.39 is 16.1 Å². The largest absolute Gasteiger partial charge is 0.352 e. The van der Waals surface area contributed by atoms with Crippen molar-refractivity contribution in [3.05, 3.63) is 101 Å². The van der Waals surface area contributed by atoms with Crippen LogP contribution in [0.4, 0.5) is 4.39 Å². The molecular weight excluding hydrogens is 471 g/mol. The van der Waals surface area contributed by atoms with Crippen molar-refractivity contribution in [2.75, 3.05) is 0 Å². The minimum Gasteiger partial charge on any atom is -0.352 e. The summed E-state index contributed by atoms with van der Waals surface area (Å²) in [5.41, 5.74) is 8.32. The molecule has 0 fully saturated rings. The number of rotatable bonds is 10. The van der Waals surface area contributed by atoms with E-state index in [-0.39, 0.29) is 48.5 Å². The Hall–Kier alpha value is -3.60. The van der Waals surface area contributed by atoms with Gasteiger partial charge in [-0.15, -0.1) is 0 Å². The molecule has 0 unspecified atom stereocenters. The molecule has 1 atom stereocenters. The van der Waals surface area contributed by atoms with Gasteiger partial charge in [0.25, 0.3) is 5.91 Å². The Morgan fingerprint density at radius 3 is 2.26 bits per heavy atom. The molecule has 0 aliphatic rings. The molecule has 0 aromatic heterocycles. The van der Waals surface area contributed by atoms with Crippen LogP contribution in [-0.2, 0) is 34.3 Å². The highest BCUT2D eigenvalue weighted by atomic mass is 32.2. The predicted molar refractivity (Wildman–Crippen MR) is 130 cm³/mol. The second-order valence-corrected chi connectivity index (χ2v) is 9.67. The number of nitrogens with one attached hydrogen (secondary N) is 2. The summed E-state index contributed by atoms with van der Waals surface area (Å²) < 4.78 is 36.4. The zero-order valence-electron chi connectivity index (χ0n) is 18.9. The van der Waals surface area contributed by atoms with Crippen molar-refractivity contribution < 1.29 is 22.4 Å². The molecule has 3 rings (SSSR count).